The second-order valence-corrected chi connectivity index (χ2v) is 7.94. The molecule has 18 heavy (non-hydrogen) atoms. The van der Waals surface area contributed by atoms with Gasteiger partial charge in [-0.1, -0.05) is 6.92 Å². The van der Waals surface area contributed by atoms with Crippen LogP contribution in [-0.4, -0.2) is 36.1 Å². The Morgan fingerprint density at radius 1 is 1.22 bits per heavy atom. The first-order valence-corrected chi connectivity index (χ1v) is 8.20. The summed E-state index contributed by atoms with van der Waals surface area (Å²) in [7, 11) is 0. The van der Waals surface area contributed by atoms with E-state index in [1.807, 2.05) is 0 Å². The maximum Gasteiger partial charge on any atom is 0.191 e. The predicted octanol–water partition coefficient (Wildman–Crippen LogP) is 2.63. The number of guanidine groups is 1. The summed E-state index contributed by atoms with van der Waals surface area (Å²) in [6.45, 7) is 9.75. The van der Waals surface area contributed by atoms with Gasteiger partial charge in [-0.05, 0) is 50.7 Å². The Hall–Kier alpha value is -0.380. The largest absolute Gasteiger partial charge is 0.357 e. The van der Waals surface area contributed by atoms with Gasteiger partial charge in [0.25, 0.3) is 0 Å². The molecular weight excluding hydrogens is 242 g/mol. The minimum absolute atomic E-state index is 0.402. The van der Waals surface area contributed by atoms with Gasteiger partial charge in [-0.25, -0.2) is 0 Å². The minimum atomic E-state index is 0.402. The third-order valence-corrected chi connectivity index (χ3v) is 5.54. The van der Waals surface area contributed by atoms with E-state index in [1.165, 1.54) is 31.4 Å². The molecule has 1 atom stereocenters. The van der Waals surface area contributed by atoms with Crippen molar-refractivity contribution < 1.29 is 0 Å². The summed E-state index contributed by atoms with van der Waals surface area (Å²) >= 11 is 2.10. The fourth-order valence-electron chi connectivity index (χ4n) is 2.23. The molecule has 0 aromatic rings. The third-order valence-electron chi connectivity index (χ3n) is 4.00. The van der Waals surface area contributed by atoms with Crippen LogP contribution in [0.4, 0.5) is 0 Å². The molecule has 1 unspecified atom stereocenters. The molecule has 104 valence electrons. The van der Waals surface area contributed by atoms with Crippen LogP contribution in [0.3, 0.4) is 0 Å². The molecule has 2 rings (SSSR count). The van der Waals surface area contributed by atoms with Crippen LogP contribution in [0.15, 0.2) is 4.99 Å². The number of nitrogens with one attached hydrogen (secondary N) is 2. The fourth-order valence-corrected chi connectivity index (χ4v) is 3.47. The number of nitrogens with zero attached hydrogens (tertiary/aromatic N) is 1. The van der Waals surface area contributed by atoms with E-state index < -0.39 is 0 Å². The Labute approximate surface area is 116 Å². The van der Waals surface area contributed by atoms with E-state index in [2.05, 4.69) is 43.2 Å². The van der Waals surface area contributed by atoms with Crippen molar-refractivity contribution in [3.05, 3.63) is 0 Å². The van der Waals surface area contributed by atoms with Gasteiger partial charge < -0.3 is 10.6 Å². The first-order chi connectivity index (χ1) is 8.55. The van der Waals surface area contributed by atoms with E-state index in [-0.39, 0.29) is 0 Å². The van der Waals surface area contributed by atoms with Crippen molar-refractivity contribution in [3.63, 3.8) is 0 Å². The number of aliphatic imine (C=N–C) groups is 1. The van der Waals surface area contributed by atoms with Gasteiger partial charge in [0.15, 0.2) is 5.96 Å². The second kappa shape index (κ2) is 5.72. The number of thioether (sulfide) groups is 1. The highest BCUT2D eigenvalue weighted by Crippen LogP contribution is 2.45. The summed E-state index contributed by atoms with van der Waals surface area (Å²) < 4.78 is 0.402. The molecule has 0 spiro atoms. The quantitative estimate of drug-likeness (QED) is 0.595. The van der Waals surface area contributed by atoms with E-state index in [9.17, 15) is 0 Å². The highest BCUT2D eigenvalue weighted by Gasteiger charge is 2.37. The molecule has 1 heterocycles. The maximum absolute atomic E-state index is 4.72. The van der Waals surface area contributed by atoms with Crippen molar-refractivity contribution in [2.75, 3.05) is 25.4 Å². The van der Waals surface area contributed by atoms with Gasteiger partial charge in [0.05, 0.1) is 0 Å². The van der Waals surface area contributed by atoms with E-state index in [0.29, 0.717) is 10.2 Å². The number of hydrogen-bond donors (Lipinski definition) is 2. The Bertz CT molecular complexity index is 304. The van der Waals surface area contributed by atoms with Crippen LogP contribution in [0.5, 0.6) is 0 Å². The van der Waals surface area contributed by atoms with Gasteiger partial charge in [-0.2, -0.15) is 11.8 Å². The molecule has 3 nitrogen and oxygen atoms in total. The second-order valence-electron chi connectivity index (χ2n) is 6.26. The molecule has 0 bridgehead atoms. The van der Waals surface area contributed by atoms with Crippen LogP contribution in [0.1, 0.15) is 46.5 Å². The highest BCUT2D eigenvalue weighted by molar-refractivity contribution is 8.00. The van der Waals surface area contributed by atoms with Crippen LogP contribution >= 0.6 is 11.8 Å². The first-order valence-electron chi connectivity index (χ1n) is 7.21. The van der Waals surface area contributed by atoms with Crippen molar-refractivity contribution in [1.29, 1.82) is 0 Å². The Balaban J connectivity index is 1.81. The Morgan fingerprint density at radius 3 is 2.56 bits per heavy atom. The summed E-state index contributed by atoms with van der Waals surface area (Å²) in [6, 6.07) is 0. The van der Waals surface area contributed by atoms with E-state index in [0.717, 1.165) is 25.6 Å². The van der Waals surface area contributed by atoms with Gasteiger partial charge in [0, 0.05) is 24.4 Å². The molecule has 1 saturated carbocycles. The highest BCUT2D eigenvalue weighted by atomic mass is 32.2. The molecule has 0 amide bonds. The minimum Gasteiger partial charge on any atom is -0.357 e. The van der Waals surface area contributed by atoms with Crippen molar-refractivity contribution in [2.45, 2.75) is 51.2 Å². The normalized spacial score (nSPS) is 30.3. The maximum atomic E-state index is 4.72. The van der Waals surface area contributed by atoms with E-state index in [4.69, 9.17) is 4.99 Å². The van der Waals surface area contributed by atoms with Gasteiger partial charge in [0.1, 0.15) is 0 Å². The predicted molar refractivity (Wildman–Crippen MR) is 81.4 cm³/mol. The zero-order valence-corrected chi connectivity index (χ0v) is 12.8. The molecule has 2 N–H and O–H groups in total. The summed E-state index contributed by atoms with van der Waals surface area (Å²) in [4.78, 5) is 4.72. The molecule has 1 aliphatic carbocycles. The number of rotatable bonds is 5. The first kappa shape index (κ1) is 14.0. The Morgan fingerprint density at radius 2 is 2.00 bits per heavy atom. The monoisotopic (exact) mass is 269 g/mol. The summed E-state index contributed by atoms with van der Waals surface area (Å²) in [5.74, 6) is 2.31. The molecule has 2 fully saturated rings. The topological polar surface area (TPSA) is 36.4 Å². The van der Waals surface area contributed by atoms with Crippen LogP contribution in [-0.2, 0) is 0 Å². The third kappa shape index (κ3) is 4.08. The molecule has 1 saturated heterocycles. The van der Waals surface area contributed by atoms with Gasteiger partial charge in [0.2, 0.25) is 0 Å². The van der Waals surface area contributed by atoms with Crippen LogP contribution in [0.25, 0.3) is 0 Å². The standard InChI is InChI=1S/C14H27N3S/c1-4-15-12(16-10-13(2)7-8-13)17-11-14(3)6-5-9-18-14/h4-11H2,1-3H3,(H2,15,16,17). The average molecular weight is 269 g/mol. The fraction of sp³-hybridized carbons (Fsp3) is 0.929. The summed E-state index contributed by atoms with van der Waals surface area (Å²) in [5, 5.41) is 6.88. The Kier molecular flexibility index (Phi) is 4.46. The summed E-state index contributed by atoms with van der Waals surface area (Å²) in [5.41, 5.74) is 0.494. The lowest BCUT2D eigenvalue weighted by atomic mass is 10.1. The van der Waals surface area contributed by atoms with Crippen LogP contribution in [0.2, 0.25) is 0 Å². The zero-order valence-electron chi connectivity index (χ0n) is 12.0. The SMILES string of the molecule is CCNC(=NCC1(C)CC1)NCC1(C)CCCS1. The average Bonchev–Trinajstić information content (AvgIpc) is 2.92. The van der Waals surface area contributed by atoms with E-state index >= 15 is 0 Å². The number of hydrogen-bond acceptors (Lipinski definition) is 2. The molecule has 0 aromatic heterocycles. The molecule has 4 heteroatoms. The lowest BCUT2D eigenvalue weighted by Crippen LogP contribution is -2.43. The zero-order chi connectivity index (χ0) is 13.1. The molecule has 2 aliphatic rings. The van der Waals surface area contributed by atoms with Crippen molar-refractivity contribution >= 4 is 17.7 Å². The lowest BCUT2D eigenvalue weighted by Gasteiger charge is -2.24. The van der Waals surface area contributed by atoms with E-state index in [1.54, 1.807) is 0 Å². The van der Waals surface area contributed by atoms with Gasteiger partial charge in [-0.3, -0.25) is 4.99 Å². The molecular formula is C14H27N3S. The van der Waals surface area contributed by atoms with Gasteiger partial charge in [-0.15, -0.1) is 0 Å². The lowest BCUT2D eigenvalue weighted by molar-refractivity contribution is 0.569. The summed E-state index contributed by atoms with van der Waals surface area (Å²) in [6.07, 6.45) is 5.35. The van der Waals surface area contributed by atoms with Crippen molar-refractivity contribution in [2.24, 2.45) is 10.4 Å². The van der Waals surface area contributed by atoms with Crippen molar-refractivity contribution in [1.82, 2.24) is 10.6 Å². The van der Waals surface area contributed by atoms with Crippen molar-refractivity contribution in [3.8, 4) is 0 Å². The molecule has 0 radical (unpaired) electrons. The molecule has 1 aliphatic heterocycles. The van der Waals surface area contributed by atoms with Gasteiger partial charge >= 0.3 is 0 Å². The van der Waals surface area contributed by atoms with Crippen LogP contribution in [0, 0.1) is 5.41 Å². The molecule has 0 aromatic carbocycles. The van der Waals surface area contributed by atoms with Crippen LogP contribution < -0.4 is 10.6 Å². The smallest absolute Gasteiger partial charge is 0.191 e.